The topological polar surface area (TPSA) is 114 Å². The number of carbonyl (C=O) groups is 2. The predicted octanol–water partition coefficient (Wildman–Crippen LogP) is -0.511. The van der Waals surface area contributed by atoms with Crippen LogP contribution < -0.4 is 11.1 Å². The molecular weight excluding hydrogens is 246 g/mol. The third-order valence-corrected chi connectivity index (χ3v) is 2.62. The van der Waals surface area contributed by atoms with Crippen LogP contribution in [0.2, 0.25) is 5.02 Å². The SMILES string of the molecule is Cc1c(Cl)c(C(=O)N[C@@H](C#N)C(N)=O)nn1C. The Hall–Kier alpha value is -2.07. The largest absolute Gasteiger partial charge is 0.367 e. The molecule has 0 aliphatic rings. The molecule has 8 heteroatoms. The van der Waals surface area contributed by atoms with Crippen LogP contribution in [-0.4, -0.2) is 27.6 Å². The lowest BCUT2D eigenvalue weighted by molar-refractivity contribution is -0.118. The first-order valence-corrected chi connectivity index (χ1v) is 4.95. The number of nitrogens with two attached hydrogens (primary N) is 1. The predicted molar refractivity (Wildman–Crippen MR) is 59.0 cm³/mol. The highest BCUT2D eigenvalue weighted by Gasteiger charge is 2.23. The third kappa shape index (κ3) is 2.54. The zero-order chi connectivity index (χ0) is 13.2. The van der Waals surface area contributed by atoms with Crippen LogP contribution in [0.25, 0.3) is 0 Å². The first-order valence-electron chi connectivity index (χ1n) is 4.57. The minimum atomic E-state index is -1.40. The number of nitriles is 1. The molecule has 1 heterocycles. The van der Waals surface area contributed by atoms with Gasteiger partial charge in [-0.25, -0.2) is 0 Å². The van der Waals surface area contributed by atoms with Crippen LogP contribution in [0.4, 0.5) is 0 Å². The van der Waals surface area contributed by atoms with Gasteiger partial charge in [0.05, 0.1) is 16.8 Å². The molecule has 1 aromatic rings. The summed E-state index contributed by atoms with van der Waals surface area (Å²) in [4.78, 5) is 22.5. The minimum absolute atomic E-state index is 0.0480. The van der Waals surface area contributed by atoms with E-state index in [4.69, 9.17) is 22.6 Å². The number of rotatable bonds is 3. The fraction of sp³-hybridized carbons (Fsp3) is 0.333. The van der Waals surface area contributed by atoms with Crippen LogP contribution in [0.5, 0.6) is 0 Å². The number of nitrogens with zero attached hydrogens (tertiary/aromatic N) is 3. The Balaban J connectivity index is 2.95. The monoisotopic (exact) mass is 255 g/mol. The standard InChI is InChI=1S/C9H10ClN5O2/c1-4-6(10)7(14-15(4)2)9(17)13-5(3-11)8(12)16/h5H,1-2H3,(H2,12,16)(H,13,17)/t5-/m0/s1. The number of aromatic nitrogens is 2. The molecule has 0 unspecified atom stereocenters. The number of halogens is 1. The molecule has 0 spiro atoms. The third-order valence-electron chi connectivity index (χ3n) is 2.17. The van der Waals surface area contributed by atoms with Gasteiger partial charge in [-0.15, -0.1) is 0 Å². The van der Waals surface area contributed by atoms with Crippen LogP contribution >= 0.6 is 11.6 Å². The maximum atomic E-state index is 11.7. The van der Waals surface area contributed by atoms with E-state index < -0.39 is 17.9 Å². The molecular formula is C9H10ClN5O2. The molecule has 0 fully saturated rings. The molecule has 3 N–H and O–H groups in total. The van der Waals surface area contributed by atoms with Crippen molar-refractivity contribution in [2.45, 2.75) is 13.0 Å². The minimum Gasteiger partial charge on any atom is -0.367 e. The summed E-state index contributed by atoms with van der Waals surface area (Å²) in [5, 5.41) is 14.8. The van der Waals surface area contributed by atoms with Crippen molar-refractivity contribution in [3.8, 4) is 6.07 Å². The van der Waals surface area contributed by atoms with Crippen molar-refractivity contribution < 1.29 is 9.59 Å². The highest BCUT2D eigenvalue weighted by Crippen LogP contribution is 2.18. The van der Waals surface area contributed by atoms with Gasteiger partial charge in [-0.2, -0.15) is 10.4 Å². The second-order valence-corrected chi connectivity index (χ2v) is 3.69. The second-order valence-electron chi connectivity index (χ2n) is 3.31. The zero-order valence-electron chi connectivity index (χ0n) is 9.19. The van der Waals surface area contributed by atoms with E-state index in [1.165, 1.54) is 4.68 Å². The van der Waals surface area contributed by atoms with Crippen molar-refractivity contribution in [1.82, 2.24) is 15.1 Å². The Labute approximate surface area is 102 Å². The van der Waals surface area contributed by atoms with Gasteiger partial charge in [-0.05, 0) is 6.92 Å². The van der Waals surface area contributed by atoms with E-state index in [1.54, 1.807) is 20.0 Å². The van der Waals surface area contributed by atoms with Crippen molar-refractivity contribution in [3.63, 3.8) is 0 Å². The van der Waals surface area contributed by atoms with Crippen molar-refractivity contribution in [3.05, 3.63) is 16.4 Å². The molecule has 0 aromatic carbocycles. The van der Waals surface area contributed by atoms with Crippen molar-refractivity contribution >= 4 is 23.4 Å². The first kappa shape index (κ1) is 13.0. The van der Waals surface area contributed by atoms with Gasteiger partial charge in [0.15, 0.2) is 11.7 Å². The Morgan fingerprint density at radius 2 is 2.24 bits per heavy atom. The van der Waals surface area contributed by atoms with Crippen molar-refractivity contribution in [2.75, 3.05) is 0 Å². The lowest BCUT2D eigenvalue weighted by Crippen LogP contribution is -2.43. The molecule has 2 amide bonds. The van der Waals surface area contributed by atoms with Crippen molar-refractivity contribution in [1.29, 1.82) is 5.26 Å². The van der Waals surface area contributed by atoms with Crippen LogP contribution in [0.3, 0.4) is 0 Å². The highest BCUT2D eigenvalue weighted by atomic mass is 35.5. The van der Waals surface area contributed by atoms with Gasteiger partial charge in [0.1, 0.15) is 0 Å². The average molecular weight is 256 g/mol. The number of amides is 2. The molecule has 17 heavy (non-hydrogen) atoms. The number of hydrogen-bond donors (Lipinski definition) is 2. The molecule has 0 saturated heterocycles. The summed E-state index contributed by atoms with van der Waals surface area (Å²) in [6.07, 6.45) is 0. The fourth-order valence-corrected chi connectivity index (χ4v) is 1.34. The van der Waals surface area contributed by atoms with E-state index in [2.05, 4.69) is 10.4 Å². The summed E-state index contributed by atoms with van der Waals surface area (Å²) in [5.74, 6) is -1.66. The van der Waals surface area contributed by atoms with E-state index in [1.807, 2.05) is 0 Å². The van der Waals surface area contributed by atoms with E-state index in [9.17, 15) is 9.59 Å². The van der Waals surface area contributed by atoms with Crippen molar-refractivity contribution in [2.24, 2.45) is 12.8 Å². The highest BCUT2D eigenvalue weighted by molar-refractivity contribution is 6.34. The normalized spacial score (nSPS) is 11.6. The Morgan fingerprint density at radius 3 is 2.59 bits per heavy atom. The zero-order valence-corrected chi connectivity index (χ0v) is 9.95. The van der Waals surface area contributed by atoms with Gasteiger partial charge < -0.3 is 11.1 Å². The summed E-state index contributed by atoms with van der Waals surface area (Å²) in [5.41, 5.74) is 5.47. The summed E-state index contributed by atoms with van der Waals surface area (Å²) < 4.78 is 1.42. The molecule has 0 bridgehead atoms. The summed E-state index contributed by atoms with van der Waals surface area (Å²) in [6.45, 7) is 1.68. The molecule has 1 rings (SSSR count). The molecule has 90 valence electrons. The maximum Gasteiger partial charge on any atom is 0.274 e. The van der Waals surface area contributed by atoms with Crippen LogP contribution in [0.15, 0.2) is 0 Å². The smallest absolute Gasteiger partial charge is 0.274 e. The molecule has 0 aliphatic heterocycles. The number of primary amides is 1. The molecule has 7 nitrogen and oxygen atoms in total. The molecule has 0 aliphatic carbocycles. The maximum absolute atomic E-state index is 11.7. The van der Waals surface area contributed by atoms with Gasteiger partial charge in [0.25, 0.3) is 11.8 Å². The van der Waals surface area contributed by atoms with Crippen LogP contribution in [0, 0.1) is 18.3 Å². The van der Waals surface area contributed by atoms with Crippen LogP contribution in [-0.2, 0) is 11.8 Å². The number of aryl methyl sites for hydroxylation is 1. The van der Waals surface area contributed by atoms with Gasteiger partial charge >= 0.3 is 0 Å². The second kappa shape index (κ2) is 4.84. The average Bonchev–Trinajstić information content (AvgIpc) is 2.53. The van der Waals surface area contributed by atoms with Crippen LogP contribution in [0.1, 0.15) is 16.2 Å². The summed E-state index contributed by atoms with van der Waals surface area (Å²) in [6, 6.07) is 0.157. The lowest BCUT2D eigenvalue weighted by atomic mass is 10.3. The summed E-state index contributed by atoms with van der Waals surface area (Å²) >= 11 is 5.87. The van der Waals surface area contributed by atoms with E-state index in [-0.39, 0.29) is 10.7 Å². The fourth-order valence-electron chi connectivity index (χ4n) is 1.09. The van der Waals surface area contributed by atoms with E-state index >= 15 is 0 Å². The molecule has 1 atom stereocenters. The number of hydrogen-bond acceptors (Lipinski definition) is 4. The Kier molecular flexibility index (Phi) is 3.70. The van der Waals surface area contributed by atoms with Gasteiger partial charge in [-0.1, -0.05) is 11.6 Å². The van der Waals surface area contributed by atoms with Gasteiger partial charge in [-0.3, -0.25) is 14.3 Å². The molecule has 0 radical (unpaired) electrons. The Bertz CT molecular complexity index is 516. The number of carbonyl (C=O) groups excluding carboxylic acids is 2. The number of nitrogens with one attached hydrogen (secondary N) is 1. The first-order chi connectivity index (χ1) is 7.88. The molecule has 1 aromatic heterocycles. The van der Waals surface area contributed by atoms with Gasteiger partial charge in [0.2, 0.25) is 0 Å². The summed E-state index contributed by atoms with van der Waals surface area (Å²) in [7, 11) is 1.62. The van der Waals surface area contributed by atoms with Gasteiger partial charge in [0, 0.05) is 7.05 Å². The van der Waals surface area contributed by atoms with E-state index in [0.29, 0.717) is 5.69 Å². The van der Waals surface area contributed by atoms with E-state index in [0.717, 1.165) is 0 Å². The molecule has 0 saturated carbocycles. The lowest BCUT2D eigenvalue weighted by Gasteiger charge is -2.05. The quantitative estimate of drug-likeness (QED) is 0.757. The Morgan fingerprint density at radius 1 is 1.65 bits per heavy atom.